The fourth-order valence-corrected chi connectivity index (χ4v) is 3.21. The first-order valence-electron chi connectivity index (χ1n) is 7.23. The van der Waals surface area contributed by atoms with Gasteiger partial charge in [-0.2, -0.15) is 0 Å². The molecule has 0 saturated carbocycles. The minimum Gasteiger partial charge on any atom is -0.343 e. The van der Waals surface area contributed by atoms with Crippen molar-refractivity contribution in [2.75, 3.05) is 6.54 Å². The lowest BCUT2D eigenvalue weighted by atomic mass is 9.99. The summed E-state index contributed by atoms with van der Waals surface area (Å²) in [6, 6.07) is 8.05. The average Bonchev–Trinajstić information content (AvgIpc) is 2.84. The van der Waals surface area contributed by atoms with Crippen molar-refractivity contribution in [2.45, 2.75) is 38.8 Å². The van der Waals surface area contributed by atoms with E-state index in [1.54, 1.807) is 4.90 Å². The zero-order valence-electron chi connectivity index (χ0n) is 11.9. The Morgan fingerprint density at radius 3 is 2.30 bits per heavy atom. The predicted molar refractivity (Wildman–Crippen MR) is 76.1 cm³/mol. The van der Waals surface area contributed by atoms with Crippen LogP contribution in [-0.2, 0) is 22.4 Å². The maximum Gasteiger partial charge on any atom is 0.246 e. The SMILES string of the molecule is CC(C)C1NC(=O)CN(C2Cc3ccccc3C2)C1=O. The summed E-state index contributed by atoms with van der Waals surface area (Å²) >= 11 is 0. The molecule has 1 aliphatic heterocycles. The Morgan fingerprint density at radius 1 is 1.15 bits per heavy atom. The summed E-state index contributed by atoms with van der Waals surface area (Å²) in [5.74, 6) is 0.148. The molecule has 0 aromatic heterocycles. The third kappa shape index (κ3) is 2.19. The minimum atomic E-state index is -0.375. The Hall–Kier alpha value is -1.84. The number of rotatable bonds is 2. The number of piperazine rings is 1. The summed E-state index contributed by atoms with van der Waals surface area (Å²) in [6.45, 7) is 4.13. The van der Waals surface area contributed by atoms with Crippen LogP contribution in [0.4, 0.5) is 0 Å². The van der Waals surface area contributed by atoms with Crippen LogP contribution in [0.5, 0.6) is 0 Å². The molecule has 0 spiro atoms. The van der Waals surface area contributed by atoms with E-state index in [2.05, 4.69) is 17.4 Å². The molecule has 4 nitrogen and oxygen atoms in total. The molecule has 1 aromatic carbocycles. The lowest BCUT2D eigenvalue weighted by Gasteiger charge is -2.37. The molecule has 4 heteroatoms. The van der Waals surface area contributed by atoms with Crippen LogP contribution in [0, 0.1) is 5.92 Å². The maximum absolute atomic E-state index is 12.6. The van der Waals surface area contributed by atoms with E-state index in [1.807, 2.05) is 26.0 Å². The second-order valence-electron chi connectivity index (χ2n) is 6.09. The lowest BCUT2D eigenvalue weighted by molar-refractivity contribution is -0.147. The van der Waals surface area contributed by atoms with Gasteiger partial charge in [0.2, 0.25) is 11.8 Å². The molecule has 1 aliphatic carbocycles. The number of carbonyl (C=O) groups is 2. The molecule has 1 heterocycles. The normalized spacial score (nSPS) is 23.1. The van der Waals surface area contributed by atoms with Crippen molar-refractivity contribution in [2.24, 2.45) is 5.92 Å². The molecule has 0 radical (unpaired) electrons. The number of nitrogens with one attached hydrogen (secondary N) is 1. The van der Waals surface area contributed by atoms with Crippen molar-refractivity contribution >= 4 is 11.8 Å². The standard InChI is InChI=1S/C16H20N2O2/c1-10(2)15-16(20)18(9-14(19)17-15)13-7-11-5-3-4-6-12(11)8-13/h3-6,10,13,15H,7-9H2,1-2H3,(H,17,19). The van der Waals surface area contributed by atoms with Gasteiger partial charge in [0, 0.05) is 6.04 Å². The molecule has 1 unspecified atom stereocenters. The molecule has 1 atom stereocenters. The zero-order valence-corrected chi connectivity index (χ0v) is 11.9. The van der Waals surface area contributed by atoms with E-state index >= 15 is 0 Å². The van der Waals surface area contributed by atoms with Gasteiger partial charge in [0.1, 0.15) is 6.04 Å². The Morgan fingerprint density at radius 2 is 1.75 bits per heavy atom. The number of fused-ring (bicyclic) bond motifs is 1. The van der Waals surface area contributed by atoms with Crippen LogP contribution in [0.3, 0.4) is 0 Å². The average molecular weight is 272 g/mol. The van der Waals surface area contributed by atoms with Gasteiger partial charge in [0.15, 0.2) is 0 Å². The van der Waals surface area contributed by atoms with E-state index in [0.29, 0.717) is 0 Å². The number of benzene rings is 1. The van der Waals surface area contributed by atoms with Gasteiger partial charge in [-0.25, -0.2) is 0 Å². The number of hydrogen-bond donors (Lipinski definition) is 1. The fraction of sp³-hybridized carbons (Fsp3) is 0.500. The van der Waals surface area contributed by atoms with Gasteiger partial charge in [-0.05, 0) is 29.9 Å². The fourth-order valence-electron chi connectivity index (χ4n) is 3.21. The van der Waals surface area contributed by atoms with Crippen molar-refractivity contribution in [3.8, 4) is 0 Å². The number of hydrogen-bond acceptors (Lipinski definition) is 2. The highest BCUT2D eigenvalue weighted by molar-refractivity contribution is 5.95. The van der Waals surface area contributed by atoms with Gasteiger partial charge in [-0.3, -0.25) is 9.59 Å². The quantitative estimate of drug-likeness (QED) is 0.877. The van der Waals surface area contributed by atoms with Crippen LogP contribution in [0.25, 0.3) is 0 Å². The van der Waals surface area contributed by atoms with E-state index in [1.165, 1.54) is 11.1 Å². The Bertz CT molecular complexity index is 528. The van der Waals surface area contributed by atoms with Crippen molar-refractivity contribution in [1.29, 1.82) is 0 Å². The monoisotopic (exact) mass is 272 g/mol. The van der Waals surface area contributed by atoms with Crippen molar-refractivity contribution in [3.05, 3.63) is 35.4 Å². The van der Waals surface area contributed by atoms with Gasteiger partial charge in [0.25, 0.3) is 0 Å². The van der Waals surface area contributed by atoms with Crippen molar-refractivity contribution in [3.63, 3.8) is 0 Å². The molecule has 3 rings (SSSR count). The van der Waals surface area contributed by atoms with Crippen LogP contribution in [0.15, 0.2) is 24.3 Å². The first kappa shape index (κ1) is 13.2. The molecule has 2 aliphatic rings. The first-order valence-corrected chi connectivity index (χ1v) is 7.23. The molecule has 2 amide bonds. The van der Waals surface area contributed by atoms with E-state index < -0.39 is 0 Å². The highest BCUT2D eigenvalue weighted by Gasteiger charge is 2.39. The molecular weight excluding hydrogens is 252 g/mol. The summed E-state index contributed by atoms with van der Waals surface area (Å²) in [6.07, 6.45) is 1.72. The smallest absolute Gasteiger partial charge is 0.246 e. The molecule has 106 valence electrons. The first-order chi connectivity index (χ1) is 9.56. The number of nitrogens with zero attached hydrogens (tertiary/aromatic N) is 1. The third-order valence-electron chi connectivity index (χ3n) is 4.32. The van der Waals surface area contributed by atoms with Crippen LogP contribution in [0.1, 0.15) is 25.0 Å². The zero-order chi connectivity index (χ0) is 14.3. The Labute approximate surface area is 119 Å². The molecule has 1 fully saturated rings. The predicted octanol–water partition coefficient (Wildman–Crippen LogP) is 1.14. The maximum atomic E-state index is 12.6. The molecule has 0 bridgehead atoms. The van der Waals surface area contributed by atoms with Crippen molar-refractivity contribution < 1.29 is 9.59 Å². The van der Waals surface area contributed by atoms with E-state index in [-0.39, 0.29) is 36.4 Å². The summed E-state index contributed by atoms with van der Waals surface area (Å²) in [5.41, 5.74) is 2.61. The minimum absolute atomic E-state index is 0.0424. The lowest BCUT2D eigenvalue weighted by Crippen LogP contribution is -2.62. The number of amides is 2. The summed E-state index contributed by atoms with van der Waals surface area (Å²) < 4.78 is 0. The molecule has 20 heavy (non-hydrogen) atoms. The van der Waals surface area contributed by atoms with Gasteiger partial charge >= 0.3 is 0 Å². The topological polar surface area (TPSA) is 49.4 Å². The molecule has 1 N–H and O–H groups in total. The summed E-state index contributed by atoms with van der Waals surface area (Å²) in [4.78, 5) is 26.2. The second kappa shape index (κ2) is 4.93. The molecular formula is C16H20N2O2. The largest absolute Gasteiger partial charge is 0.343 e. The highest BCUT2D eigenvalue weighted by atomic mass is 16.2. The van der Waals surface area contributed by atoms with Crippen LogP contribution in [0.2, 0.25) is 0 Å². The van der Waals surface area contributed by atoms with Crippen LogP contribution >= 0.6 is 0 Å². The van der Waals surface area contributed by atoms with Crippen molar-refractivity contribution in [1.82, 2.24) is 10.2 Å². The van der Waals surface area contributed by atoms with E-state index in [4.69, 9.17) is 0 Å². The van der Waals surface area contributed by atoms with E-state index in [0.717, 1.165) is 12.8 Å². The Balaban J connectivity index is 1.81. The van der Waals surface area contributed by atoms with Crippen LogP contribution < -0.4 is 5.32 Å². The second-order valence-corrected chi connectivity index (χ2v) is 6.09. The van der Waals surface area contributed by atoms with Gasteiger partial charge < -0.3 is 10.2 Å². The molecule has 1 saturated heterocycles. The van der Waals surface area contributed by atoms with Gasteiger partial charge in [-0.1, -0.05) is 38.1 Å². The van der Waals surface area contributed by atoms with E-state index in [9.17, 15) is 9.59 Å². The summed E-state index contributed by atoms with van der Waals surface area (Å²) in [5, 5.41) is 2.81. The Kier molecular flexibility index (Phi) is 3.24. The van der Waals surface area contributed by atoms with Gasteiger partial charge in [-0.15, -0.1) is 0 Å². The number of carbonyl (C=O) groups excluding carboxylic acids is 2. The third-order valence-corrected chi connectivity index (χ3v) is 4.32. The highest BCUT2D eigenvalue weighted by Crippen LogP contribution is 2.27. The van der Waals surface area contributed by atoms with Crippen LogP contribution in [-0.4, -0.2) is 35.3 Å². The summed E-state index contributed by atoms with van der Waals surface area (Å²) in [7, 11) is 0. The molecule has 1 aromatic rings. The van der Waals surface area contributed by atoms with Gasteiger partial charge in [0.05, 0.1) is 6.54 Å².